The highest BCUT2D eigenvalue weighted by molar-refractivity contribution is 6.24. The number of ether oxygens (including phenoxy) is 1. The lowest BCUT2D eigenvalue weighted by atomic mass is 10.0. The van der Waals surface area contributed by atoms with Crippen molar-refractivity contribution in [3.8, 4) is 11.4 Å². The predicted octanol–water partition coefficient (Wildman–Crippen LogP) is 5.05. The van der Waals surface area contributed by atoms with Crippen molar-refractivity contribution in [2.75, 3.05) is 7.11 Å². The van der Waals surface area contributed by atoms with Crippen LogP contribution in [0.4, 0.5) is 0 Å². The Balaban J connectivity index is 1.51. The highest BCUT2D eigenvalue weighted by Crippen LogP contribution is 2.21. The number of hydrogen-bond donors (Lipinski definition) is 1. The Kier molecular flexibility index (Phi) is 6.46. The number of hydrogen-bond acceptors (Lipinski definition) is 3. The van der Waals surface area contributed by atoms with Crippen molar-refractivity contribution >= 4 is 17.6 Å². The van der Waals surface area contributed by atoms with E-state index in [0.717, 1.165) is 34.0 Å². The lowest BCUT2D eigenvalue weighted by molar-refractivity contribution is -0.115. The molecule has 0 saturated carbocycles. The Morgan fingerprint density at radius 1 is 1.00 bits per heavy atom. The zero-order valence-corrected chi connectivity index (χ0v) is 18.2. The van der Waals surface area contributed by atoms with E-state index < -0.39 is 0 Å². The first-order valence-corrected chi connectivity index (χ1v) is 10.4. The Morgan fingerprint density at radius 3 is 2.34 bits per heavy atom. The van der Waals surface area contributed by atoms with Gasteiger partial charge in [0.15, 0.2) is 0 Å². The van der Waals surface area contributed by atoms with Gasteiger partial charge in [-0.25, -0.2) is 4.98 Å². The van der Waals surface area contributed by atoms with Crippen molar-refractivity contribution in [1.29, 1.82) is 0 Å². The maximum Gasteiger partial charge on any atom is 0.252 e. The quantitative estimate of drug-likeness (QED) is 0.334. The lowest BCUT2D eigenvalue weighted by Crippen LogP contribution is -2.23. The molecule has 0 aliphatic heterocycles. The first kappa shape index (κ1) is 21.1. The summed E-state index contributed by atoms with van der Waals surface area (Å²) in [6, 6.07) is 25.4. The van der Waals surface area contributed by atoms with Crippen molar-refractivity contribution in [1.82, 2.24) is 14.9 Å². The molecule has 160 valence electrons. The Labute approximate surface area is 188 Å². The molecule has 0 aliphatic rings. The molecule has 32 heavy (non-hydrogen) atoms. The number of methoxy groups -OCH3 is 1. The topological polar surface area (TPSA) is 56.1 Å². The Morgan fingerprint density at radius 2 is 1.72 bits per heavy atom. The molecule has 0 fully saturated rings. The number of amides is 1. The van der Waals surface area contributed by atoms with Gasteiger partial charge in [0.2, 0.25) is 0 Å². The molecule has 0 saturated heterocycles. The van der Waals surface area contributed by atoms with E-state index in [1.807, 2.05) is 103 Å². The van der Waals surface area contributed by atoms with E-state index in [0.29, 0.717) is 12.1 Å². The van der Waals surface area contributed by atoms with Crippen LogP contribution in [0.2, 0.25) is 0 Å². The van der Waals surface area contributed by atoms with Crippen LogP contribution in [-0.2, 0) is 11.3 Å². The fourth-order valence-electron chi connectivity index (χ4n) is 3.47. The number of carbonyl (C=O) groups is 1. The number of imidazole rings is 1. The molecule has 0 aliphatic carbocycles. The number of aromatic nitrogens is 2. The SMILES string of the molecule is COc1ccc(/C=C(/C(=O)NCc2ccc(-n3ccnc3C)cc2)c2ccccc2)cc1. The molecule has 1 N–H and O–H groups in total. The molecule has 3 aromatic carbocycles. The highest BCUT2D eigenvalue weighted by atomic mass is 16.5. The third-order valence-electron chi connectivity index (χ3n) is 5.25. The van der Waals surface area contributed by atoms with Crippen molar-refractivity contribution < 1.29 is 9.53 Å². The van der Waals surface area contributed by atoms with Crippen LogP contribution in [0.25, 0.3) is 17.3 Å². The van der Waals surface area contributed by atoms with Crippen LogP contribution in [0, 0.1) is 6.92 Å². The van der Waals surface area contributed by atoms with E-state index in [2.05, 4.69) is 10.3 Å². The molecule has 0 atom stereocenters. The van der Waals surface area contributed by atoms with Crippen LogP contribution in [0.3, 0.4) is 0 Å². The summed E-state index contributed by atoms with van der Waals surface area (Å²) < 4.78 is 7.25. The molecule has 0 spiro atoms. The number of nitrogens with zero attached hydrogens (tertiary/aromatic N) is 2. The zero-order chi connectivity index (χ0) is 22.3. The fourth-order valence-corrected chi connectivity index (χ4v) is 3.47. The van der Waals surface area contributed by atoms with Gasteiger partial charge in [-0.05, 0) is 54.0 Å². The van der Waals surface area contributed by atoms with Gasteiger partial charge in [-0.1, -0.05) is 54.6 Å². The van der Waals surface area contributed by atoms with Gasteiger partial charge >= 0.3 is 0 Å². The molecule has 1 amide bonds. The molecular weight excluding hydrogens is 398 g/mol. The van der Waals surface area contributed by atoms with Gasteiger partial charge in [0, 0.05) is 30.2 Å². The average molecular weight is 424 g/mol. The smallest absolute Gasteiger partial charge is 0.252 e. The fraction of sp³-hybridized carbons (Fsp3) is 0.111. The first-order chi connectivity index (χ1) is 15.6. The van der Waals surface area contributed by atoms with Crippen LogP contribution < -0.4 is 10.1 Å². The van der Waals surface area contributed by atoms with E-state index in [-0.39, 0.29) is 5.91 Å². The van der Waals surface area contributed by atoms with Crippen LogP contribution in [0.5, 0.6) is 5.75 Å². The molecule has 0 unspecified atom stereocenters. The molecule has 5 nitrogen and oxygen atoms in total. The van der Waals surface area contributed by atoms with Gasteiger partial charge in [0.25, 0.3) is 5.91 Å². The second-order valence-electron chi connectivity index (χ2n) is 7.39. The molecule has 1 heterocycles. The molecule has 4 aromatic rings. The summed E-state index contributed by atoms with van der Waals surface area (Å²) in [5.41, 5.74) is 4.48. The van der Waals surface area contributed by atoms with Gasteiger partial charge < -0.3 is 14.6 Å². The Bertz CT molecular complexity index is 1210. The molecular formula is C27H25N3O2. The van der Waals surface area contributed by atoms with Crippen molar-refractivity contribution in [3.63, 3.8) is 0 Å². The van der Waals surface area contributed by atoms with Gasteiger partial charge in [-0.2, -0.15) is 0 Å². The first-order valence-electron chi connectivity index (χ1n) is 10.4. The monoisotopic (exact) mass is 423 g/mol. The van der Waals surface area contributed by atoms with Crippen LogP contribution >= 0.6 is 0 Å². The third-order valence-corrected chi connectivity index (χ3v) is 5.25. The minimum atomic E-state index is -0.124. The molecule has 1 aromatic heterocycles. The summed E-state index contributed by atoms with van der Waals surface area (Å²) in [6.07, 6.45) is 5.61. The van der Waals surface area contributed by atoms with Crippen LogP contribution in [0.1, 0.15) is 22.5 Å². The van der Waals surface area contributed by atoms with E-state index >= 15 is 0 Å². The van der Waals surface area contributed by atoms with Gasteiger partial charge in [-0.15, -0.1) is 0 Å². The van der Waals surface area contributed by atoms with Crippen molar-refractivity contribution in [2.24, 2.45) is 0 Å². The number of aryl methyl sites for hydroxylation is 1. The van der Waals surface area contributed by atoms with E-state index in [9.17, 15) is 4.79 Å². The van der Waals surface area contributed by atoms with Gasteiger partial charge in [0.1, 0.15) is 11.6 Å². The Hall–Kier alpha value is -4.12. The molecule has 4 rings (SSSR count). The average Bonchev–Trinajstić information content (AvgIpc) is 3.28. The van der Waals surface area contributed by atoms with E-state index in [4.69, 9.17) is 4.74 Å². The second kappa shape index (κ2) is 9.79. The summed E-state index contributed by atoms with van der Waals surface area (Å²) in [5, 5.41) is 3.05. The standard InChI is InChI=1S/C27H25N3O2/c1-20-28-16-17-30(20)24-12-8-22(9-13-24)19-29-27(31)26(23-6-4-3-5-7-23)18-21-10-14-25(32-2)15-11-21/h3-18H,19H2,1-2H3,(H,29,31)/b26-18+. The number of rotatable bonds is 7. The largest absolute Gasteiger partial charge is 0.497 e. The maximum atomic E-state index is 13.1. The number of benzene rings is 3. The van der Waals surface area contributed by atoms with Crippen LogP contribution in [0.15, 0.2) is 91.3 Å². The minimum absolute atomic E-state index is 0.124. The predicted molar refractivity (Wildman–Crippen MR) is 127 cm³/mol. The van der Waals surface area contributed by atoms with Crippen LogP contribution in [-0.4, -0.2) is 22.6 Å². The second-order valence-corrected chi connectivity index (χ2v) is 7.39. The van der Waals surface area contributed by atoms with Crippen molar-refractivity contribution in [3.05, 3.63) is 114 Å². The summed E-state index contributed by atoms with van der Waals surface area (Å²) in [7, 11) is 1.64. The highest BCUT2D eigenvalue weighted by Gasteiger charge is 2.12. The maximum absolute atomic E-state index is 13.1. The summed E-state index contributed by atoms with van der Waals surface area (Å²) in [5.74, 6) is 1.59. The lowest BCUT2D eigenvalue weighted by Gasteiger charge is -2.11. The zero-order valence-electron chi connectivity index (χ0n) is 18.2. The van der Waals surface area contributed by atoms with E-state index in [1.165, 1.54) is 0 Å². The number of carbonyl (C=O) groups excluding carboxylic acids is 1. The summed E-state index contributed by atoms with van der Waals surface area (Å²) in [6.45, 7) is 2.41. The molecule has 0 bridgehead atoms. The van der Waals surface area contributed by atoms with Crippen molar-refractivity contribution in [2.45, 2.75) is 13.5 Å². The van der Waals surface area contributed by atoms with Gasteiger partial charge in [-0.3, -0.25) is 4.79 Å². The molecule has 5 heteroatoms. The normalized spacial score (nSPS) is 11.2. The number of nitrogens with one attached hydrogen (secondary N) is 1. The summed E-state index contributed by atoms with van der Waals surface area (Å²) >= 11 is 0. The third kappa shape index (κ3) is 4.95. The van der Waals surface area contributed by atoms with Gasteiger partial charge in [0.05, 0.1) is 7.11 Å². The molecule has 0 radical (unpaired) electrons. The minimum Gasteiger partial charge on any atom is -0.497 e. The summed E-state index contributed by atoms with van der Waals surface area (Å²) in [4.78, 5) is 17.4. The van der Waals surface area contributed by atoms with E-state index in [1.54, 1.807) is 13.3 Å².